The van der Waals surface area contributed by atoms with Gasteiger partial charge in [-0.3, -0.25) is 4.99 Å². The lowest BCUT2D eigenvalue weighted by Gasteiger charge is -2.20. The van der Waals surface area contributed by atoms with Gasteiger partial charge in [0, 0.05) is 21.4 Å². The van der Waals surface area contributed by atoms with Crippen molar-refractivity contribution < 1.29 is 8.95 Å². The van der Waals surface area contributed by atoms with Crippen molar-refractivity contribution in [2.75, 3.05) is 7.11 Å². The van der Waals surface area contributed by atoms with E-state index in [0.29, 0.717) is 0 Å². The Morgan fingerprint density at radius 1 is 0.931 bits per heavy atom. The van der Waals surface area contributed by atoms with E-state index in [4.69, 9.17) is 9.73 Å². The monoisotopic (exact) mass is 401 g/mol. The van der Waals surface area contributed by atoms with Crippen LogP contribution in [0.25, 0.3) is 11.0 Å². The Kier molecular flexibility index (Phi) is 5.45. The number of ether oxygens (including phenoxy) is 1. The Morgan fingerprint density at radius 2 is 1.62 bits per heavy atom. The summed E-state index contributed by atoms with van der Waals surface area (Å²) in [5.41, 5.74) is 2.91. The molecule has 0 saturated heterocycles. The molecule has 1 aliphatic rings. The maximum atomic E-state index is 13.6. The number of hydrogen-bond acceptors (Lipinski definition) is 3. The van der Waals surface area contributed by atoms with Crippen LogP contribution >= 0.6 is 0 Å². The van der Waals surface area contributed by atoms with Gasteiger partial charge in [-0.15, -0.1) is 0 Å². The molecule has 0 heterocycles. The van der Waals surface area contributed by atoms with Gasteiger partial charge in [0.15, 0.2) is 0 Å². The van der Waals surface area contributed by atoms with E-state index < -0.39 is 10.8 Å². The highest BCUT2D eigenvalue weighted by Crippen LogP contribution is 2.27. The van der Waals surface area contributed by atoms with Crippen molar-refractivity contribution in [1.29, 1.82) is 0 Å². The fraction of sp³-hybridized carbons (Fsp3) is 0.160. The topological polar surface area (TPSA) is 38.7 Å². The molecule has 0 aliphatic heterocycles. The number of hydrogen-bond donors (Lipinski definition) is 0. The molecule has 3 nitrogen and oxygen atoms in total. The maximum Gasteiger partial charge on any atom is 0.119 e. The van der Waals surface area contributed by atoms with Crippen LogP contribution < -0.4 is 15.2 Å². The summed E-state index contributed by atoms with van der Waals surface area (Å²) in [5, 5.41) is 2.08. The van der Waals surface area contributed by atoms with Gasteiger partial charge >= 0.3 is 0 Å². The van der Waals surface area contributed by atoms with Crippen LogP contribution in [0.5, 0.6) is 5.75 Å². The third-order valence-corrected chi connectivity index (χ3v) is 6.81. The van der Waals surface area contributed by atoms with E-state index in [2.05, 4.69) is 19.1 Å². The molecule has 2 atom stereocenters. The molecule has 0 aromatic heterocycles. The molecule has 0 spiro atoms. The van der Waals surface area contributed by atoms with Gasteiger partial charge in [-0.2, -0.15) is 0 Å². The first-order chi connectivity index (χ1) is 14.1. The normalized spacial score (nSPS) is 18.1. The summed E-state index contributed by atoms with van der Waals surface area (Å²) < 4.78 is 18.8. The lowest BCUT2D eigenvalue weighted by atomic mass is 9.96. The van der Waals surface area contributed by atoms with Crippen molar-refractivity contribution in [3.63, 3.8) is 0 Å². The highest BCUT2D eigenvalue weighted by atomic mass is 32.2. The van der Waals surface area contributed by atoms with Gasteiger partial charge in [0.25, 0.3) is 0 Å². The van der Waals surface area contributed by atoms with Crippen molar-refractivity contribution in [3.05, 3.63) is 88.8 Å². The van der Waals surface area contributed by atoms with Crippen molar-refractivity contribution >= 4 is 33.2 Å². The maximum absolute atomic E-state index is 13.6. The van der Waals surface area contributed by atoms with Gasteiger partial charge in [0.1, 0.15) is 5.75 Å². The minimum absolute atomic E-state index is 0.0610. The smallest absolute Gasteiger partial charge is 0.119 e. The molecule has 0 saturated carbocycles. The predicted octanol–water partition coefficient (Wildman–Crippen LogP) is 4.12. The van der Waals surface area contributed by atoms with E-state index in [-0.39, 0.29) is 5.92 Å². The predicted molar refractivity (Wildman–Crippen MR) is 120 cm³/mol. The number of benzene rings is 3. The minimum Gasteiger partial charge on any atom is -0.497 e. The summed E-state index contributed by atoms with van der Waals surface area (Å²) in [4.78, 5) is 6.58. The number of rotatable bonds is 4. The Bertz CT molecular complexity index is 1210. The van der Waals surface area contributed by atoms with Crippen LogP contribution in [0.2, 0.25) is 0 Å². The average Bonchev–Trinajstić information content (AvgIpc) is 2.75. The minimum atomic E-state index is -1.26. The highest BCUT2D eigenvalue weighted by Gasteiger charge is 2.25. The van der Waals surface area contributed by atoms with E-state index >= 15 is 0 Å². The second kappa shape index (κ2) is 8.18. The first-order valence-electron chi connectivity index (χ1n) is 9.59. The van der Waals surface area contributed by atoms with Gasteiger partial charge < -0.3 is 4.74 Å². The van der Waals surface area contributed by atoms with Crippen LogP contribution in [0, 0.1) is 12.8 Å². The Hall–Kier alpha value is -2.98. The zero-order valence-electron chi connectivity index (χ0n) is 16.8. The first-order valence-corrected chi connectivity index (χ1v) is 10.7. The van der Waals surface area contributed by atoms with E-state index in [1.54, 1.807) is 7.11 Å². The van der Waals surface area contributed by atoms with E-state index in [9.17, 15) is 4.21 Å². The van der Waals surface area contributed by atoms with Crippen LogP contribution in [0.3, 0.4) is 0 Å². The lowest BCUT2D eigenvalue weighted by molar-refractivity contribution is 0.415. The SMILES string of the molecule is COc1ccc(N=C2C=c3ccccc3=C(S(=O)c3ccc(C)cc3)C2C)cc1. The molecule has 0 amide bonds. The van der Waals surface area contributed by atoms with E-state index in [1.165, 1.54) is 0 Å². The van der Waals surface area contributed by atoms with Crippen LogP contribution in [0.1, 0.15) is 12.5 Å². The molecule has 1 aliphatic carbocycles. The van der Waals surface area contributed by atoms with Gasteiger partial charge in [-0.25, -0.2) is 4.21 Å². The first kappa shape index (κ1) is 19.3. The quantitative estimate of drug-likeness (QED) is 0.660. The molecule has 4 rings (SSSR count). The Morgan fingerprint density at radius 3 is 2.31 bits per heavy atom. The van der Waals surface area contributed by atoms with Gasteiger partial charge in [0.05, 0.1) is 23.6 Å². The number of nitrogens with zero attached hydrogens (tertiary/aromatic N) is 1. The third kappa shape index (κ3) is 3.94. The zero-order valence-corrected chi connectivity index (χ0v) is 17.6. The standard InChI is InChI=1S/C25H23NO2S/c1-17-8-14-22(15-9-17)29(27)25-18(2)24(16-19-6-4-5-7-23(19)25)26-20-10-12-21(28-3)13-11-20/h4-16,18H,1-3H3. The summed E-state index contributed by atoms with van der Waals surface area (Å²) in [5.74, 6) is 0.738. The lowest BCUT2D eigenvalue weighted by Crippen LogP contribution is -2.37. The molecule has 4 heteroatoms. The average molecular weight is 402 g/mol. The molecule has 0 N–H and O–H groups in total. The largest absolute Gasteiger partial charge is 0.497 e. The summed E-state index contributed by atoms with van der Waals surface area (Å²) in [7, 11) is 0.392. The van der Waals surface area contributed by atoms with Crippen molar-refractivity contribution in [3.8, 4) is 5.75 Å². The second-order valence-electron chi connectivity index (χ2n) is 7.13. The van der Waals surface area contributed by atoms with Crippen LogP contribution in [0.4, 0.5) is 5.69 Å². The fourth-order valence-electron chi connectivity index (χ4n) is 3.48. The third-order valence-electron chi connectivity index (χ3n) is 5.13. The molecular weight excluding hydrogens is 378 g/mol. The number of aliphatic imine (C=N–C) groups is 1. The summed E-state index contributed by atoms with van der Waals surface area (Å²) >= 11 is 0. The van der Waals surface area contributed by atoms with E-state index in [1.807, 2.05) is 73.7 Å². The summed E-state index contributed by atoms with van der Waals surface area (Å²) in [6, 6.07) is 23.7. The Labute approximate surface area is 173 Å². The van der Waals surface area contributed by atoms with Crippen LogP contribution in [0.15, 0.2) is 82.7 Å². The molecule has 0 fully saturated rings. The summed E-state index contributed by atoms with van der Waals surface area (Å²) in [6.07, 6.45) is 2.10. The molecule has 3 aromatic rings. The summed E-state index contributed by atoms with van der Waals surface area (Å²) in [6.45, 7) is 4.11. The van der Waals surface area contributed by atoms with Gasteiger partial charge in [-0.05, 0) is 59.8 Å². The molecule has 0 bridgehead atoms. The molecular formula is C25H23NO2S. The van der Waals surface area contributed by atoms with Crippen molar-refractivity contribution in [1.82, 2.24) is 0 Å². The highest BCUT2D eigenvalue weighted by molar-refractivity contribution is 7.94. The van der Waals surface area contributed by atoms with Crippen LogP contribution in [-0.2, 0) is 10.8 Å². The second-order valence-corrected chi connectivity index (χ2v) is 8.58. The zero-order chi connectivity index (χ0) is 20.4. The van der Waals surface area contributed by atoms with Crippen molar-refractivity contribution in [2.45, 2.75) is 18.7 Å². The molecule has 146 valence electrons. The molecule has 2 unspecified atom stereocenters. The number of fused-ring (bicyclic) bond motifs is 1. The number of methoxy groups -OCH3 is 1. The van der Waals surface area contributed by atoms with Crippen molar-refractivity contribution in [2.24, 2.45) is 10.9 Å². The molecule has 29 heavy (non-hydrogen) atoms. The van der Waals surface area contributed by atoms with E-state index in [0.717, 1.165) is 42.9 Å². The molecule has 0 radical (unpaired) electrons. The fourth-order valence-corrected chi connectivity index (χ4v) is 4.95. The Balaban J connectivity index is 1.83. The van der Waals surface area contributed by atoms with Gasteiger partial charge in [0.2, 0.25) is 0 Å². The number of aryl methyl sites for hydroxylation is 1. The van der Waals surface area contributed by atoms with Gasteiger partial charge in [-0.1, -0.05) is 48.9 Å². The van der Waals surface area contributed by atoms with Crippen LogP contribution in [-0.4, -0.2) is 17.0 Å². The molecule has 3 aromatic carbocycles.